The van der Waals surface area contributed by atoms with E-state index in [2.05, 4.69) is 15.4 Å². The molecule has 0 spiro atoms. The molecule has 0 aliphatic heterocycles. The van der Waals surface area contributed by atoms with E-state index in [1.807, 2.05) is 62.8 Å². The largest absolute Gasteiger partial charge is 0.388 e. The van der Waals surface area contributed by atoms with E-state index in [-0.39, 0.29) is 0 Å². The van der Waals surface area contributed by atoms with E-state index in [4.69, 9.17) is 0 Å². The van der Waals surface area contributed by atoms with Crippen molar-refractivity contribution in [3.8, 4) is 11.4 Å². The zero-order valence-corrected chi connectivity index (χ0v) is 10.5. The predicted octanol–water partition coefficient (Wildman–Crippen LogP) is 2.65. The molecule has 2 aromatic rings. The number of hydrogen-bond acceptors (Lipinski definition) is 3. The first-order chi connectivity index (χ1) is 8.79. The van der Waals surface area contributed by atoms with E-state index in [0.717, 1.165) is 11.3 Å². The smallest absolute Gasteiger partial charge is 0.179 e. The quantitative estimate of drug-likeness (QED) is 0.877. The molecule has 1 N–H and O–H groups in total. The average molecular weight is 240 g/mol. The van der Waals surface area contributed by atoms with Crippen LogP contribution in [0.15, 0.2) is 54.9 Å². The molecule has 1 aromatic carbocycles. The number of hydrogen-bond donors (Lipinski definition) is 1. The third kappa shape index (κ3) is 3.07. The third-order valence-electron chi connectivity index (χ3n) is 2.49. The van der Waals surface area contributed by atoms with Crippen LogP contribution in [-0.2, 0) is 7.05 Å². The third-order valence-corrected chi connectivity index (χ3v) is 2.49. The summed E-state index contributed by atoms with van der Waals surface area (Å²) in [5, 5.41) is 7.52. The van der Waals surface area contributed by atoms with Gasteiger partial charge >= 0.3 is 0 Å². The van der Waals surface area contributed by atoms with Crippen LogP contribution in [0.5, 0.6) is 0 Å². The van der Waals surface area contributed by atoms with Gasteiger partial charge in [-0.3, -0.25) is 4.68 Å². The van der Waals surface area contributed by atoms with Crippen LogP contribution in [0.25, 0.3) is 11.4 Å². The molecule has 4 heteroatoms. The lowest BCUT2D eigenvalue weighted by Gasteiger charge is -1.97. The summed E-state index contributed by atoms with van der Waals surface area (Å²) in [6.45, 7) is 0. The molecule has 0 atom stereocenters. The van der Waals surface area contributed by atoms with Gasteiger partial charge in [-0.1, -0.05) is 30.3 Å². The Morgan fingerprint density at radius 1 is 1.06 bits per heavy atom. The maximum absolute atomic E-state index is 4.44. The van der Waals surface area contributed by atoms with E-state index in [1.54, 1.807) is 10.9 Å². The van der Waals surface area contributed by atoms with Gasteiger partial charge in [0.1, 0.15) is 0 Å². The van der Waals surface area contributed by atoms with Gasteiger partial charge in [-0.25, -0.2) is 4.98 Å². The van der Waals surface area contributed by atoms with Crippen LogP contribution < -0.4 is 5.32 Å². The summed E-state index contributed by atoms with van der Waals surface area (Å²) in [6.07, 6.45) is 3.64. The topological polar surface area (TPSA) is 42.7 Å². The van der Waals surface area contributed by atoms with Crippen molar-refractivity contribution in [2.45, 2.75) is 0 Å². The van der Waals surface area contributed by atoms with Crippen molar-refractivity contribution >= 4 is 5.69 Å². The highest BCUT2D eigenvalue weighted by molar-refractivity contribution is 5.53. The molecule has 1 aromatic heterocycles. The number of nitrogens with zero attached hydrogens (tertiary/aromatic N) is 3. The number of anilines is 1. The average Bonchev–Trinajstić information content (AvgIpc) is 2.50. The highest BCUT2D eigenvalue weighted by Crippen LogP contribution is 2.11. The van der Waals surface area contributed by atoms with Gasteiger partial charge in [0.25, 0.3) is 0 Å². The summed E-state index contributed by atoms with van der Waals surface area (Å²) in [5.74, 6) is 0.691. The highest BCUT2D eigenvalue weighted by Gasteiger charge is 1.97. The SMILES string of the molecule is CNc1ccnc(-c2ccccc2)nn(C)cc1. The standard InChI is InChI=1S/C14H16N4/c1-15-13-8-10-16-14(17-18(2)11-9-13)12-6-4-3-5-7-12/h3-11,15H,1-2H3. The van der Waals surface area contributed by atoms with Crippen LogP contribution in [0.1, 0.15) is 0 Å². The Bertz CT molecular complexity index is 559. The lowest BCUT2D eigenvalue weighted by molar-refractivity contribution is 0.743. The van der Waals surface area contributed by atoms with Crippen LogP contribution in [0.2, 0.25) is 0 Å². The Labute approximate surface area is 107 Å². The van der Waals surface area contributed by atoms with Gasteiger partial charge in [-0.2, -0.15) is 5.10 Å². The van der Waals surface area contributed by atoms with Crippen LogP contribution in [-0.4, -0.2) is 21.8 Å². The molecule has 4 nitrogen and oxygen atoms in total. The molecule has 0 bridgehead atoms. The summed E-state index contributed by atoms with van der Waals surface area (Å²) in [7, 11) is 3.76. The van der Waals surface area contributed by atoms with Gasteiger partial charge in [-0.15, -0.1) is 0 Å². The normalized spacial score (nSPS) is 9.67. The maximum Gasteiger partial charge on any atom is 0.179 e. The summed E-state index contributed by atoms with van der Waals surface area (Å²) in [6, 6.07) is 13.8. The molecule has 18 heavy (non-hydrogen) atoms. The molecule has 0 aliphatic carbocycles. The molecule has 2 rings (SSSR count). The fourth-order valence-electron chi connectivity index (χ4n) is 1.53. The number of rotatable bonds is 2. The minimum atomic E-state index is 0.691. The number of aryl methyl sites for hydroxylation is 1. The lowest BCUT2D eigenvalue weighted by Crippen LogP contribution is -1.95. The van der Waals surface area contributed by atoms with Crippen LogP contribution in [0, 0.1) is 0 Å². The van der Waals surface area contributed by atoms with E-state index < -0.39 is 0 Å². The van der Waals surface area contributed by atoms with E-state index >= 15 is 0 Å². The molecule has 0 fully saturated rings. The van der Waals surface area contributed by atoms with Crippen molar-refractivity contribution < 1.29 is 0 Å². The second-order valence-corrected chi connectivity index (χ2v) is 3.83. The maximum atomic E-state index is 4.44. The number of benzene rings is 1. The zero-order chi connectivity index (χ0) is 12.8. The van der Waals surface area contributed by atoms with Crippen molar-refractivity contribution in [1.29, 1.82) is 0 Å². The first-order valence-electron chi connectivity index (χ1n) is 5.77. The zero-order valence-electron chi connectivity index (χ0n) is 10.5. The van der Waals surface area contributed by atoms with Gasteiger partial charge in [0.15, 0.2) is 5.82 Å². The molecule has 0 saturated heterocycles. The van der Waals surface area contributed by atoms with Crippen LogP contribution in [0.4, 0.5) is 5.69 Å². The number of nitrogens with one attached hydrogen (secondary N) is 1. The van der Waals surface area contributed by atoms with Gasteiger partial charge in [0, 0.05) is 37.7 Å². The fraction of sp³-hybridized carbons (Fsp3) is 0.143. The first kappa shape index (κ1) is 12.1. The van der Waals surface area contributed by atoms with Crippen molar-refractivity contribution in [2.75, 3.05) is 12.4 Å². The number of aromatic nitrogens is 3. The molecule has 1 heterocycles. The molecule has 0 saturated carbocycles. The van der Waals surface area contributed by atoms with Crippen molar-refractivity contribution in [3.05, 3.63) is 54.9 Å². The first-order valence-corrected chi connectivity index (χ1v) is 5.77. The van der Waals surface area contributed by atoms with Crippen molar-refractivity contribution in [3.63, 3.8) is 0 Å². The summed E-state index contributed by atoms with van der Waals surface area (Å²) >= 11 is 0. The van der Waals surface area contributed by atoms with E-state index in [9.17, 15) is 0 Å². The Morgan fingerprint density at radius 2 is 1.83 bits per heavy atom. The highest BCUT2D eigenvalue weighted by atomic mass is 15.3. The van der Waals surface area contributed by atoms with Gasteiger partial charge in [0.2, 0.25) is 0 Å². The fourth-order valence-corrected chi connectivity index (χ4v) is 1.53. The summed E-state index contributed by atoms with van der Waals surface area (Å²) in [4.78, 5) is 4.39. The van der Waals surface area contributed by atoms with Crippen LogP contribution >= 0.6 is 0 Å². The monoisotopic (exact) mass is 240 g/mol. The predicted molar refractivity (Wildman–Crippen MR) is 73.6 cm³/mol. The van der Waals surface area contributed by atoms with Crippen LogP contribution in [0.3, 0.4) is 0 Å². The summed E-state index contributed by atoms with van der Waals surface area (Å²) in [5.41, 5.74) is 1.98. The second-order valence-electron chi connectivity index (χ2n) is 3.83. The molecule has 0 amide bonds. The Kier molecular flexibility index (Phi) is 3.91. The molecule has 92 valence electrons. The Balaban J connectivity index is 2.56. The lowest BCUT2D eigenvalue weighted by atomic mass is 10.2. The minimum Gasteiger partial charge on any atom is -0.388 e. The Hall–Kier alpha value is -2.36. The van der Waals surface area contributed by atoms with Gasteiger partial charge in [-0.05, 0) is 12.1 Å². The minimum absolute atomic E-state index is 0.691. The molecular formula is C14H16N4. The van der Waals surface area contributed by atoms with E-state index in [0.29, 0.717) is 5.82 Å². The van der Waals surface area contributed by atoms with Gasteiger partial charge in [0.05, 0.1) is 0 Å². The van der Waals surface area contributed by atoms with E-state index in [1.165, 1.54) is 0 Å². The molecular weight excluding hydrogens is 224 g/mol. The summed E-state index contributed by atoms with van der Waals surface area (Å²) < 4.78 is 1.75. The molecule has 0 aliphatic rings. The van der Waals surface area contributed by atoms with Gasteiger partial charge < -0.3 is 5.32 Å². The van der Waals surface area contributed by atoms with Crippen molar-refractivity contribution in [1.82, 2.24) is 14.8 Å². The molecule has 0 unspecified atom stereocenters. The Morgan fingerprint density at radius 3 is 2.56 bits per heavy atom. The second kappa shape index (κ2) is 5.82. The molecule has 0 radical (unpaired) electrons. The van der Waals surface area contributed by atoms with Crippen molar-refractivity contribution in [2.24, 2.45) is 7.05 Å².